The molecule has 5 heteroatoms. The quantitative estimate of drug-likeness (QED) is 0.900. The summed E-state index contributed by atoms with van der Waals surface area (Å²) in [6, 6.07) is 7.97. The van der Waals surface area contributed by atoms with Gasteiger partial charge in [-0.1, -0.05) is 18.2 Å². The molecule has 0 radical (unpaired) electrons. The number of ether oxygens (including phenoxy) is 1. The van der Waals surface area contributed by atoms with Crippen LogP contribution in [0, 0.1) is 5.92 Å². The Kier molecular flexibility index (Phi) is 6.82. The molecule has 0 aromatic heterocycles. The number of amides is 1. The van der Waals surface area contributed by atoms with Gasteiger partial charge >= 0.3 is 0 Å². The molecule has 2 rings (SSSR count). The Labute approximate surface area is 126 Å². The van der Waals surface area contributed by atoms with Crippen LogP contribution in [0.4, 0.5) is 0 Å². The number of nitrogens with one attached hydrogen (secondary N) is 1. The largest absolute Gasteiger partial charge is 0.496 e. The van der Waals surface area contributed by atoms with E-state index >= 15 is 0 Å². The summed E-state index contributed by atoms with van der Waals surface area (Å²) < 4.78 is 5.32. The summed E-state index contributed by atoms with van der Waals surface area (Å²) in [6.07, 6.45) is 1.78. The second-order valence-electron chi connectivity index (χ2n) is 5.01. The van der Waals surface area contributed by atoms with E-state index in [0.717, 1.165) is 43.8 Å². The van der Waals surface area contributed by atoms with Gasteiger partial charge in [0.25, 0.3) is 0 Å². The summed E-state index contributed by atoms with van der Waals surface area (Å²) in [5.41, 5.74) is 1.15. The number of para-hydroxylation sites is 1. The van der Waals surface area contributed by atoms with Crippen LogP contribution in [0.1, 0.15) is 12.0 Å². The SMILES string of the molecule is COc1ccccc1CCN(C)C(=O)C1CCNC1.Cl. The molecule has 1 N–H and O–H groups in total. The van der Waals surface area contributed by atoms with Crippen molar-refractivity contribution in [3.8, 4) is 5.75 Å². The van der Waals surface area contributed by atoms with E-state index in [1.165, 1.54) is 0 Å². The van der Waals surface area contributed by atoms with Gasteiger partial charge in [0, 0.05) is 20.1 Å². The van der Waals surface area contributed by atoms with E-state index in [4.69, 9.17) is 4.74 Å². The van der Waals surface area contributed by atoms with Crippen LogP contribution in [0.5, 0.6) is 5.75 Å². The molecule has 1 amide bonds. The summed E-state index contributed by atoms with van der Waals surface area (Å²) in [5.74, 6) is 1.30. The van der Waals surface area contributed by atoms with Crippen molar-refractivity contribution < 1.29 is 9.53 Å². The number of nitrogens with zero attached hydrogens (tertiary/aromatic N) is 1. The monoisotopic (exact) mass is 298 g/mol. The molecule has 1 aliphatic rings. The number of benzene rings is 1. The van der Waals surface area contributed by atoms with Crippen molar-refractivity contribution in [1.82, 2.24) is 10.2 Å². The second-order valence-corrected chi connectivity index (χ2v) is 5.01. The molecule has 112 valence electrons. The summed E-state index contributed by atoms with van der Waals surface area (Å²) in [6.45, 7) is 2.50. The van der Waals surface area contributed by atoms with Gasteiger partial charge in [-0.2, -0.15) is 0 Å². The first-order valence-electron chi connectivity index (χ1n) is 6.80. The van der Waals surface area contributed by atoms with Crippen LogP contribution < -0.4 is 10.1 Å². The minimum atomic E-state index is 0. The zero-order chi connectivity index (χ0) is 13.7. The van der Waals surface area contributed by atoms with Crippen molar-refractivity contribution in [2.24, 2.45) is 5.92 Å². The first-order chi connectivity index (χ1) is 9.22. The minimum Gasteiger partial charge on any atom is -0.496 e. The van der Waals surface area contributed by atoms with Gasteiger partial charge in [-0.15, -0.1) is 12.4 Å². The third kappa shape index (κ3) is 4.12. The summed E-state index contributed by atoms with van der Waals surface area (Å²) in [5, 5.41) is 3.23. The fraction of sp³-hybridized carbons (Fsp3) is 0.533. The third-order valence-corrected chi connectivity index (χ3v) is 3.69. The smallest absolute Gasteiger partial charge is 0.226 e. The van der Waals surface area contributed by atoms with Crippen LogP contribution in [0.25, 0.3) is 0 Å². The van der Waals surface area contributed by atoms with Crippen LogP contribution in [0.15, 0.2) is 24.3 Å². The van der Waals surface area contributed by atoms with E-state index in [1.807, 2.05) is 36.2 Å². The number of halogens is 1. The highest BCUT2D eigenvalue weighted by Crippen LogP contribution is 2.18. The highest BCUT2D eigenvalue weighted by Gasteiger charge is 2.25. The molecule has 0 spiro atoms. The van der Waals surface area contributed by atoms with Crippen molar-refractivity contribution in [3.63, 3.8) is 0 Å². The Balaban J connectivity index is 0.00000200. The number of rotatable bonds is 5. The third-order valence-electron chi connectivity index (χ3n) is 3.69. The van der Waals surface area contributed by atoms with Gasteiger partial charge in [-0.25, -0.2) is 0 Å². The number of methoxy groups -OCH3 is 1. The van der Waals surface area contributed by atoms with Crippen molar-refractivity contribution >= 4 is 18.3 Å². The van der Waals surface area contributed by atoms with Gasteiger partial charge in [0.1, 0.15) is 5.75 Å². The highest BCUT2D eigenvalue weighted by molar-refractivity contribution is 5.85. The molecule has 1 atom stereocenters. The molecule has 1 fully saturated rings. The van der Waals surface area contributed by atoms with E-state index in [2.05, 4.69) is 5.32 Å². The van der Waals surface area contributed by atoms with E-state index in [9.17, 15) is 4.79 Å². The minimum absolute atomic E-state index is 0. The van der Waals surface area contributed by atoms with Crippen LogP contribution in [0.2, 0.25) is 0 Å². The molecule has 1 aliphatic heterocycles. The molecular weight excluding hydrogens is 276 g/mol. The Morgan fingerprint density at radius 3 is 2.85 bits per heavy atom. The molecule has 0 saturated carbocycles. The van der Waals surface area contributed by atoms with Gasteiger partial charge in [-0.3, -0.25) is 4.79 Å². The van der Waals surface area contributed by atoms with Gasteiger partial charge in [-0.05, 0) is 31.0 Å². The number of hydrogen-bond acceptors (Lipinski definition) is 3. The van der Waals surface area contributed by atoms with Crippen molar-refractivity contribution in [2.45, 2.75) is 12.8 Å². The predicted octanol–water partition coefficient (Wildman–Crippen LogP) is 1.73. The average molecular weight is 299 g/mol. The lowest BCUT2D eigenvalue weighted by Crippen LogP contribution is -2.35. The van der Waals surface area contributed by atoms with Gasteiger partial charge in [0.2, 0.25) is 5.91 Å². The number of carbonyl (C=O) groups is 1. The van der Waals surface area contributed by atoms with Gasteiger partial charge in [0.05, 0.1) is 13.0 Å². The predicted molar refractivity (Wildman–Crippen MR) is 82.6 cm³/mol. The first-order valence-corrected chi connectivity index (χ1v) is 6.80. The Morgan fingerprint density at radius 2 is 2.20 bits per heavy atom. The number of hydrogen-bond donors (Lipinski definition) is 1. The summed E-state index contributed by atoms with van der Waals surface area (Å²) >= 11 is 0. The van der Waals surface area contributed by atoms with Crippen molar-refractivity contribution in [2.75, 3.05) is 33.8 Å². The van der Waals surface area contributed by atoms with Gasteiger partial charge < -0.3 is 15.0 Å². The topological polar surface area (TPSA) is 41.6 Å². The maximum Gasteiger partial charge on any atom is 0.226 e. The Hall–Kier alpha value is -1.26. The van der Waals surface area contributed by atoms with E-state index in [-0.39, 0.29) is 24.2 Å². The molecule has 1 aromatic carbocycles. The van der Waals surface area contributed by atoms with Crippen molar-refractivity contribution in [1.29, 1.82) is 0 Å². The second kappa shape index (κ2) is 8.12. The zero-order valence-corrected chi connectivity index (χ0v) is 12.9. The molecule has 1 heterocycles. The normalized spacial score (nSPS) is 17.4. The first kappa shape index (κ1) is 16.8. The van der Waals surface area contributed by atoms with Crippen LogP contribution in [-0.4, -0.2) is 44.6 Å². The molecular formula is C15H23ClN2O2. The molecule has 0 aliphatic carbocycles. The highest BCUT2D eigenvalue weighted by atomic mass is 35.5. The zero-order valence-electron chi connectivity index (χ0n) is 12.1. The van der Waals surface area contributed by atoms with E-state index < -0.39 is 0 Å². The molecule has 1 saturated heterocycles. The maximum atomic E-state index is 12.2. The van der Waals surface area contributed by atoms with Gasteiger partial charge in [0.15, 0.2) is 0 Å². The van der Waals surface area contributed by atoms with Crippen LogP contribution in [-0.2, 0) is 11.2 Å². The standard InChI is InChI=1S/C15H22N2O2.ClH/c1-17(15(18)13-7-9-16-11-13)10-8-12-5-3-4-6-14(12)19-2;/h3-6,13,16H,7-11H2,1-2H3;1H. The van der Waals surface area contributed by atoms with Crippen LogP contribution >= 0.6 is 12.4 Å². The summed E-state index contributed by atoms with van der Waals surface area (Å²) in [4.78, 5) is 14.0. The number of likely N-dealkylation sites (N-methyl/N-ethyl adjacent to an activating group) is 1. The fourth-order valence-electron chi connectivity index (χ4n) is 2.48. The Morgan fingerprint density at radius 1 is 1.45 bits per heavy atom. The average Bonchev–Trinajstić information content (AvgIpc) is 2.98. The molecule has 20 heavy (non-hydrogen) atoms. The molecule has 1 aromatic rings. The lowest BCUT2D eigenvalue weighted by atomic mass is 10.1. The Bertz CT molecular complexity index is 434. The lowest BCUT2D eigenvalue weighted by Gasteiger charge is -2.21. The number of carbonyl (C=O) groups excluding carboxylic acids is 1. The molecule has 4 nitrogen and oxygen atoms in total. The molecule has 0 bridgehead atoms. The molecule has 1 unspecified atom stereocenters. The summed E-state index contributed by atoms with van der Waals surface area (Å²) in [7, 11) is 3.56. The maximum absolute atomic E-state index is 12.2. The van der Waals surface area contributed by atoms with E-state index in [1.54, 1.807) is 7.11 Å². The van der Waals surface area contributed by atoms with Crippen molar-refractivity contribution in [3.05, 3.63) is 29.8 Å². The van der Waals surface area contributed by atoms with E-state index in [0.29, 0.717) is 0 Å². The van der Waals surface area contributed by atoms with Crippen LogP contribution in [0.3, 0.4) is 0 Å². The lowest BCUT2D eigenvalue weighted by molar-refractivity contribution is -0.133. The fourth-order valence-corrected chi connectivity index (χ4v) is 2.48.